The zero-order valence-electron chi connectivity index (χ0n) is 16.8. The van der Waals surface area contributed by atoms with E-state index < -0.39 is 29.7 Å². The van der Waals surface area contributed by atoms with Gasteiger partial charge in [0, 0.05) is 24.2 Å². The summed E-state index contributed by atoms with van der Waals surface area (Å²) in [5, 5.41) is 5.53. The van der Waals surface area contributed by atoms with Crippen LogP contribution in [0.2, 0.25) is 0 Å². The molecule has 0 aromatic heterocycles. The van der Waals surface area contributed by atoms with E-state index in [9.17, 15) is 19.2 Å². The molecular weight excluding hydrogens is 396 g/mol. The number of nitrogens with zero attached hydrogens (tertiary/aromatic N) is 1. The van der Waals surface area contributed by atoms with Gasteiger partial charge in [0.15, 0.2) is 0 Å². The molecular formula is C23H22N4O4. The van der Waals surface area contributed by atoms with E-state index in [1.165, 1.54) is 0 Å². The molecule has 2 aromatic rings. The lowest BCUT2D eigenvalue weighted by atomic mass is 10.0. The van der Waals surface area contributed by atoms with E-state index in [4.69, 9.17) is 5.73 Å². The molecule has 3 aliphatic rings. The number of fused-ring (bicyclic) bond motifs is 1. The molecule has 1 unspecified atom stereocenters. The minimum atomic E-state index is -0.970. The van der Waals surface area contributed by atoms with Crippen LogP contribution in [0.3, 0.4) is 0 Å². The first-order chi connectivity index (χ1) is 14.9. The quantitative estimate of drug-likeness (QED) is 0.635. The summed E-state index contributed by atoms with van der Waals surface area (Å²) in [6.45, 7) is 0.340. The van der Waals surface area contributed by atoms with Gasteiger partial charge in [-0.2, -0.15) is 0 Å². The number of hydrogen-bond donors (Lipinski definition) is 3. The van der Waals surface area contributed by atoms with Crippen LogP contribution in [0.5, 0.6) is 0 Å². The molecule has 4 N–H and O–H groups in total. The summed E-state index contributed by atoms with van der Waals surface area (Å²) in [5.41, 5.74) is 9.26. The van der Waals surface area contributed by atoms with Crippen LogP contribution in [0.25, 0.3) is 0 Å². The fraction of sp³-hybridized carbons (Fsp3) is 0.304. The Hall–Kier alpha value is -3.52. The molecule has 2 heterocycles. The minimum absolute atomic E-state index is 0.0944. The summed E-state index contributed by atoms with van der Waals surface area (Å²) in [6.07, 6.45) is 2.17. The van der Waals surface area contributed by atoms with E-state index in [-0.39, 0.29) is 23.9 Å². The van der Waals surface area contributed by atoms with Crippen LogP contribution in [0.4, 0.5) is 5.69 Å². The van der Waals surface area contributed by atoms with E-state index in [0.717, 1.165) is 29.0 Å². The second-order valence-electron chi connectivity index (χ2n) is 8.38. The third-order valence-corrected chi connectivity index (χ3v) is 6.26. The average molecular weight is 418 g/mol. The van der Waals surface area contributed by atoms with Crippen LogP contribution in [-0.2, 0) is 21.7 Å². The Kier molecular flexibility index (Phi) is 4.40. The highest BCUT2D eigenvalue weighted by Crippen LogP contribution is 2.43. The van der Waals surface area contributed by atoms with Crippen LogP contribution >= 0.6 is 0 Å². The van der Waals surface area contributed by atoms with E-state index in [1.807, 2.05) is 24.3 Å². The number of nitrogens with one attached hydrogen (secondary N) is 2. The number of carbonyl (C=O) groups excluding carboxylic acids is 4. The number of hydrogen-bond acceptors (Lipinski definition) is 6. The molecule has 31 heavy (non-hydrogen) atoms. The van der Waals surface area contributed by atoms with Crippen molar-refractivity contribution in [2.45, 2.75) is 43.8 Å². The Bertz CT molecular complexity index is 1140. The molecule has 8 nitrogen and oxygen atoms in total. The van der Waals surface area contributed by atoms with Crippen LogP contribution in [0, 0.1) is 0 Å². The van der Waals surface area contributed by atoms with Crippen molar-refractivity contribution in [3.63, 3.8) is 0 Å². The Morgan fingerprint density at radius 2 is 1.84 bits per heavy atom. The molecule has 1 saturated heterocycles. The summed E-state index contributed by atoms with van der Waals surface area (Å²) in [6, 6.07) is 12.0. The normalized spacial score (nSPS) is 21.7. The molecule has 2 fully saturated rings. The molecule has 158 valence electrons. The molecule has 0 spiro atoms. The highest BCUT2D eigenvalue weighted by molar-refractivity contribution is 6.24. The molecule has 8 heteroatoms. The topological polar surface area (TPSA) is 122 Å². The first-order valence-corrected chi connectivity index (χ1v) is 10.3. The second-order valence-corrected chi connectivity index (χ2v) is 8.38. The summed E-state index contributed by atoms with van der Waals surface area (Å²) in [5.74, 6) is -2.01. The molecule has 2 aromatic carbocycles. The second kappa shape index (κ2) is 7.02. The monoisotopic (exact) mass is 418 g/mol. The molecule has 2 aliphatic heterocycles. The van der Waals surface area contributed by atoms with Gasteiger partial charge in [-0.15, -0.1) is 0 Å². The van der Waals surface area contributed by atoms with Crippen LogP contribution in [0.1, 0.15) is 57.5 Å². The number of amides is 4. The predicted octanol–water partition coefficient (Wildman–Crippen LogP) is 1.65. The Balaban J connectivity index is 1.38. The fourth-order valence-corrected chi connectivity index (χ4v) is 4.29. The third-order valence-electron chi connectivity index (χ3n) is 6.26. The molecule has 1 atom stereocenters. The van der Waals surface area contributed by atoms with Crippen molar-refractivity contribution < 1.29 is 19.2 Å². The maximum Gasteiger partial charge on any atom is 0.262 e. The first-order valence-electron chi connectivity index (χ1n) is 10.3. The van der Waals surface area contributed by atoms with Gasteiger partial charge in [0.25, 0.3) is 11.8 Å². The van der Waals surface area contributed by atoms with Gasteiger partial charge in [-0.25, -0.2) is 0 Å². The lowest BCUT2D eigenvalue weighted by Gasteiger charge is -2.27. The average Bonchev–Trinajstić information content (AvgIpc) is 3.46. The van der Waals surface area contributed by atoms with Gasteiger partial charge in [-0.1, -0.05) is 24.3 Å². The van der Waals surface area contributed by atoms with E-state index in [1.54, 1.807) is 18.2 Å². The predicted molar refractivity (Wildman–Crippen MR) is 112 cm³/mol. The van der Waals surface area contributed by atoms with Crippen molar-refractivity contribution in [2.75, 3.05) is 5.32 Å². The van der Waals surface area contributed by atoms with Crippen LogP contribution < -0.4 is 16.4 Å². The van der Waals surface area contributed by atoms with Gasteiger partial charge in [0.1, 0.15) is 6.04 Å². The largest absolute Gasteiger partial charge is 0.381 e. The van der Waals surface area contributed by atoms with Gasteiger partial charge in [-0.3, -0.25) is 29.4 Å². The molecule has 0 radical (unpaired) electrons. The number of anilines is 1. The number of benzene rings is 2. The zero-order valence-corrected chi connectivity index (χ0v) is 16.8. The Morgan fingerprint density at radius 3 is 2.58 bits per heavy atom. The van der Waals surface area contributed by atoms with Crippen molar-refractivity contribution in [2.24, 2.45) is 5.73 Å². The Labute approximate surface area is 178 Å². The van der Waals surface area contributed by atoms with E-state index in [2.05, 4.69) is 10.6 Å². The zero-order chi connectivity index (χ0) is 21.8. The van der Waals surface area contributed by atoms with Gasteiger partial charge < -0.3 is 11.1 Å². The van der Waals surface area contributed by atoms with Gasteiger partial charge in [0.05, 0.1) is 11.1 Å². The number of imide groups is 2. The van der Waals surface area contributed by atoms with Crippen molar-refractivity contribution in [1.82, 2.24) is 10.2 Å². The smallest absolute Gasteiger partial charge is 0.262 e. The van der Waals surface area contributed by atoms with Crippen molar-refractivity contribution in [3.05, 3.63) is 64.7 Å². The standard InChI is InChI=1S/C23H22N4O4/c24-23(9-10-23)14-4-2-5-15(11-14)25-12-13-3-1-6-16-19(13)22(31)27(21(16)30)17-7-8-18(28)26-20(17)29/h1-6,11,17,25H,7-10,12,24H2,(H,26,28,29). The highest BCUT2D eigenvalue weighted by atomic mass is 16.2. The first kappa shape index (κ1) is 19.4. The summed E-state index contributed by atoms with van der Waals surface area (Å²) in [4.78, 5) is 50.8. The van der Waals surface area contributed by atoms with E-state index >= 15 is 0 Å². The number of carbonyl (C=O) groups is 4. The van der Waals surface area contributed by atoms with Gasteiger partial charge >= 0.3 is 0 Å². The summed E-state index contributed by atoms with van der Waals surface area (Å²) >= 11 is 0. The van der Waals surface area contributed by atoms with E-state index in [0.29, 0.717) is 17.7 Å². The van der Waals surface area contributed by atoms with Crippen molar-refractivity contribution in [3.8, 4) is 0 Å². The molecule has 5 rings (SSSR count). The van der Waals surface area contributed by atoms with Gasteiger partial charge in [-0.05, 0) is 48.6 Å². The summed E-state index contributed by atoms with van der Waals surface area (Å²) in [7, 11) is 0. The van der Waals surface area contributed by atoms with Crippen molar-refractivity contribution in [1.29, 1.82) is 0 Å². The lowest BCUT2D eigenvalue weighted by Crippen LogP contribution is -2.54. The number of nitrogens with two attached hydrogens (primary N) is 1. The van der Waals surface area contributed by atoms with Crippen LogP contribution in [-0.4, -0.2) is 34.6 Å². The molecule has 1 aliphatic carbocycles. The number of piperidine rings is 1. The van der Waals surface area contributed by atoms with Crippen LogP contribution in [0.15, 0.2) is 42.5 Å². The fourth-order valence-electron chi connectivity index (χ4n) is 4.29. The molecule has 4 amide bonds. The third kappa shape index (κ3) is 3.29. The highest BCUT2D eigenvalue weighted by Gasteiger charge is 2.45. The Morgan fingerprint density at radius 1 is 1.06 bits per heavy atom. The number of rotatable bonds is 5. The molecule has 0 bridgehead atoms. The minimum Gasteiger partial charge on any atom is -0.381 e. The maximum atomic E-state index is 13.2. The lowest BCUT2D eigenvalue weighted by molar-refractivity contribution is -0.136. The summed E-state index contributed by atoms with van der Waals surface area (Å²) < 4.78 is 0. The SMILES string of the molecule is NC1(c2cccc(NCc3cccc4c3C(=O)N(C3CCC(=O)NC3=O)C4=O)c2)CC1. The maximum absolute atomic E-state index is 13.2. The van der Waals surface area contributed by atoms with Gasteiger partial charge in [0.2, 0.25) is 11.8 Å². The van der Waals surface area contributed by atoms with Crippen molar-refractivity contribution >= 4 is 29.3 Å². The molecule has 1 saturated carbocycles.